The monoisotopic (exact) mass is 408 g/mol. The number of ether oxygens (including phenoxy) is 2. The van der Waals surface area contributed by atoms with Gasteiger partial charge in [0, 0.05) is 12.1 Å². The van der Waals surface area contributed by atoms with Gasteiger partial charge in [-0.25, -0.2) is 16.8 Å². The Morgan fingerprint density at radius 3 is 1.73 bits per heavy atom. The van der Waals surface area contributed by atoms with Crippen molar-refractivity contribution in [3.05, 3.63) is 12.1 Å². The maximum Gasteiger partial charge on any atom is 0.248 e. The molecule has 26 heavy (non-hydrogen) atoms. The number of anilines is 2. The number of unbranched alkanes of at least 4 members (excludes halogenated alkanes) is 2. The van der Waals surface area contributed by atoms with Gasteiger partial charge in [-0.3, -0.25) is 0 Å². The van der Waals surface area contributed by atoms with Crippen LogP contribution in [0.1, 0.15) is 39.5 Å². The highest BCUT2D eigenvalue weighted by molar-refractivity contribution is 8.10. The Morgan fingerprint density at radius 1 is 0.885 bits per heavy atom. The van der Waals surface area contributed by atoms with Gasteiger partial charge in [-0.2, -0.15) is 3.71 Å². The van der Waals surface area contributed by atoms with Crippen molar-refractivity contribution in [2.75, 3.05) is 35.2 Å². The van der Waals surface area contributed by atoms with Crippen LogP contribution in [-0.4, -0.2) is 42.6 Å². The van der Waals surface area contributed by atoms with Crippen LogP contribution in [0.15, 0.2) is 12.1 Å². The molecule has 0 atom stereocenters. The summed E-state index contributed by atoms with van der Waals surface area (Å²) >= 11 is 0. The van der Waals surface area contributed by atoms with Gasteiger partial charge in [0.05, 0.1) is 31.4 Å². The number of rotatable bonds is 11. The minimum absolute atomic E-state index is 0.0449. The number of nitrogen functional groups attached to an aromatic ring is 1. The van der Waals surface area contributed by atoms with Gasteiger partial charge in [0.25, 0.3) is 0 Å². The number of hydrogen-bond acceptors (Lipinski definition) is 7. The Labute approximate surface area is 156 Å². The highest BCUT2D eigenvalue weighted by Crippen LogP contribution is 2.40. The van der Waals surface area contributed by atoms with Gasteiger partial charge in [-0.15, -0.1) is 0 Å². The van der Waals surface area contributed by atoms with E-state index in [1.807, 2.05) is 13.8 Å². The number of nitrogens with two attached hydrogens (primary N) is 1. The summed E-state index contributed by atoms with van der Waals surface area (Å²) in [5.74, 6) is -0.360. The topological polar surface area (TPSA) is 116 Å². The number of benzene rings is 1. The predicted molar refractivity (Wildman–Crippen MR) is 104 cm³/mol. The summed E-state index contributed by atoms with van der Waals surface area (Å²) in [6, 6.07) is 2.63. The van der Waals surface area contributed by atoms with Gasteiger partial charge in [0.1, 0.15) is 17.2 Å². The van der Waals surface area contributed by atoms with E-state index in [1.54, 1.807) is 0 Å². The molecule has 0 aromatic heterocycles. The first kappa shape index (κ1) is 22.4. The molecule has 0 saturated carbocycles. The minimum Gasteiger partial charge on any atom is -0.495 e. The second-order valence-corrected chi connectivity index (χ2v) is 9.91. The van der Waals surface area contributed by atoms with Crippen LogP contribution in [-0.2, 0) is 20.0 Å². The van der Waals surface area contributed by atoms with Crippen LogP contribution >= 0.6 is 0 Å². The maximum absolute atomic E-state index is 12.9. The van der Waals surface area contributed by atoms with Crippen LogP contribution in [0.3, 0.4) is 0 Å². The third-order valence-corrected chi connectivity index (χ3v) is 8.12. The molecular formula is C16H28N2O6S2. The molecule has 8 nitrogen and oxygen atoms in total. The van der Waals surface area contributed by atoms with Crippen molar-refractivity contribution in [3.8, 4) is 11.5 Å². The summed E-state index contributed by atoms with van der Waals surface area (Å²) in [5, 5.41) is 0. The SMILES string of the molecule is CCCCS(=O)(=O)N(c1cc(OC)c(N)cc1OC)S(=O)(=O)CCCC. The lowest BCUT2D eigenvalue weighted by Gasteiger charge is -2.26. The minimum atomic E-state index is -4.13. The Bertz CT molecular complexity index is 768. The summed E-state index contributed by atoms with van der Waals surface area (Å²) < 4.78 is 62.3. The molecule has 0 aliphatic heterocycles. The van der Waals surface area contributed by atoms with Crippen molar-refractivity contribution in [1.29, 1.82) is 0 Å². The molecule has 0 saturated heterocycles. The third kappa shape index (κ3) is 5.16. The van der Waals surface area contributed by atoms with Crippen molar-refractivity contribution in [1.82, 2.24) is 0 Å². The number of nitrogens with zero attached hydrogens (tertiary/aromatic N) is 1. The largest absolute Gasteiger partial charge is 0.495 e. The van der Waals surface area contributed by atoms with Crippen LogP contribution < -0.4 is 18.9 Å². The zero-order valence-corrected chi connectivity index (χ0v) is 17.3. The van der Waals surface area contributed by atoms with Crippen LogP contribution in [0, 0.1) is 0 Å². The Balaban J connectivity index is 3.66. The first-order valence-electron chi connectivity index (χ1n) is 8.42. The summed E-state index contributed by atoms with van der Waals surface area (Å²) in [4.78, 5) is 0. The molecule has 0 bridgehead atoms. The zero-order chi connectivity index (χ0) is 20.0. The fraction of sp³-hybridized carbons (Fsp3) is 0.625. The average Bonchev–Trinajstić information content (AvgIpc) is 2.58. The molecule has 2 N–H and O–H groups in total. The van der Waals surface area contributed by atoms with Crippen LogP contribution in [0.4, 0.5) is 11.4 Å². The molecule has 150 valence electrons. The molecule has 0 fully saturated rings. The van der Waals surface area contributed by atoms with Crippen LogP contribution in [0.25, 0.3) is 0 Å². The lowest BCUT2D eigenvalue weighted by atomic mass is 10.2. The molecular weight excluding hydrogens is 380 g/mol. The normalized spacial score (nSPS) is 12.0. The number of methoxy groups -OCH3 is 2. The molecule has 0 heterocycles. The smallest absolute Gasteiger partial charge is 0.248 e. The first-order chi connectivity index (χ1) is 12.1. The standard InChI is InChI=1S/C16H28N2O6S2/c1-5-7-9-25(19,20)18(26(21,22)10-8-6-2)14-12-15(23-3)13(17)11-16(14)24-4/h11-12H,5-10,17H2,1-4H3. The van der Waals surface area contributed by atoms with E-state index in [0.29, 0.717) is 29.4 Å². The van der Waals surface area contributed by atoms with Crippen molar-refractivity contribution >= 4 is 31.4 Å². The summed E-state index contributed by atoms with van der Waals surface area (Å²) in [6.45, 7) is 3.66. The zero-order valence-electron chi connectivity index (χ0n) is 15.7. The number of hydrogen-bond donors (Lipinski definition) is 1. The lowest BCUT2D eigenvalue weighted by molar-refractivity contribution is 0.406. The highest BCUT2D eigenvalue weighted by Gasteiger charge is 2.36. The lowest BCUT2D eigenvalue weighted by Crippen LogP contribution is -2.40. The molecule has 0 radical (unpaired) electrons. The van der Waals surface area contributed by atoms with Crippen molar-refractivity contribution < 1.29 is 26.3 Å². The highest BCUT2D eigenvalue weighted by atomic mass is 32.3. The molecule has 10 heteroatoms. The maximum atomic E-state index is 12.9. The van der Waals surface area contributed by atoms with Crippen LogP contribution in [0.5, 0.6) is 11.5 Å². The molecule has 1 rings (SSSR count). The predicted octanol–water partition coefficient (Wildman–Crippen LogP) is 2.35. The van der Waals surface area contributed by atoms with Gasteiger partial charge in [0.15, 0.2) is 0 Å². The summed E-state index contributed by atoms with van der Waals surface area (Å²) in [6.07, 6.45) is 1.92. The second-order valence-electron chi connectivity index (χ2n) is 5.80. The first-order valence-corrected chi connectivity index (χ1v) is 11.6. The van der Waals surface area contributed by atoms with Gasteiger partial charge in [0.2, 0.25) is 20.0 Å². The third-order valence-electron chi connectivity index (χ3n) is 3.74. The van der Waals surface area contributed by atoms with E-state index >= 15 is 0 Å². The molecule has 0 spiro atoms. The van der Waals surface area contributed by atoms with Gasteiger partial charge in [-0.05, 0) is 12.8 Å². The molecule has 0 aliphatic carbocycles. The summed E-state index contributed by atoms with van der Waals surface area (Å²) in [5.41, 5.74) is 5.93. The second kappa shape index (κ2) is 9.31. The molecule has 0 aliphatic rings. The van der Waals surface area contributed by atoms with E-state index in [-0.39, 0.29) is 34.4 Å². The van der Waals surface area contributed by atoms with Crippen molar-refractivity contribution in [2.24, 2.45) is 0 Å². The molecule has 0 amide bonds. The fourth-order valence-corrected chi connectivity index (χ4v) is 6.69. The van der Waals surface area contributed by atoms with E-state index in [2.05, 4.69) is 0 Å². The Morgan fingerprint density at radius 2 is 1.35 bits per heavy atom. The average molecular weight is 409 g/mol. The Kier molecular flexibility index (Phi) is 8.01. The quantitative estimate of drug-likeness (QED) is 0.559. The molecule has 0 unspecified atom stereocenters. The van der Waals surface area contributed by atoms with Gasteiger partial charge in [-0.1, -0.05) is 26.7 Å². The summed E-state index contributed by atoms with van der Waals surface area (Å²) in [7, 11) is -5.57. The fourth-order valence-electron chi connectivity index (χ4n) is 2.34. The van der Waals surface area contributed by atoms with Crippen LogP contribution in [0.2, 0.25) is 0 Å². The van der Waals surface area contributed by atoms with Gasteiger partial charge < -0.3 is 15.2 Å². The van der Waals surface area contributed by atoms with Crippen molar-refractivity contribution in [3.63, 3.8) is 0 Å². The molecule has 1 aromatic carbocycles. The van der Waals surface area contributed by atoms with E-state index in [0.717, 1.165) is 0 Å². The van der Waals surface area contributed by atoms with E-state index in [9.17, 15) is 16.8 Å². The van der Waals surface area contributed by atoms with Gasteiger partial charge >= 0.3 is 0 Å². The number of sulfonamides is 2. The molecule has 1 aromatic rings. The van der Waals surface area contributed by atoms with Crippen molar-refractivity contribution in [2.45, 2.75) is 39.5 Å². The Hall–Kier alpha value is -1.68. The van der Waals surface area contributed by atoms with E-state index < -0.39 is 20.0 Å². The van der Waals surface area contributed by atoms with E-state index in [4.69, 9.17) is 15.2 Å². The van der Waals surface area contributed by atoms with E-state index in [1.165, 1.54) is 26.4 Å².